The lowest BCUT2D eigenvalue weighted by atomic mass is 10.3. The predicted octanol–water partition coefficient (Wildman–Crippen LogP) is 1.03. The van der Waals surface area contributed by atoms with Gasteiger partial charge in [0.1, 0.15) is 16.9 Å². The number of methoxy groups -OCH3 is 1. The molecule has 16 heavy (non-hydrogen) atoms. The van der Waals surface area contributed by atoms with Gasteiger partial charge in [0.05, 0.1) is 7.11 Å². The van der Waals surface area contributed by atoms with Crippen molar-refractivity contribution in [2.45, 2.75) is 13.0 Å². The zero-order valence-electron chi connectivity index (χ0n) is 8.86. The van der Waals surface area contributed by atoms with Gasteiger partial charge in [0.25, 0.3) is 5.91 Å². The highest BCUT2D eigenvalue weighted by Gasteiger charge is 2.17. The lowest BCUT2D eigenvalue weighted by Crippen LogP contribution is -2.39. The second-order valence-corrected chi connectivity index (χ2v) is 3.45. The minimum atomic E-state index is -0.724. The maximum absolute atomic E-state index is 11.6. The zero-order chi connectivity index (χ0) is 12.1. The van der Waals surface area contributed by atoms with Crippen LogP contribution in [0.2, 0.25) is 5.15 Å². The Kier molecular flexibility index (Phi) is 4.25. The number of esters is 1. The lowest BCUT2D eigenvalue weighted by Gasteiger charge is -2.10. The molecule has 5 nitrogen and oxygen atoms in total. The number of hydrogen-bond donors (Lipinski definition) is 1. The number of nitrogens with zero attached hydrogens (tertiary/aromatic N) is 1. The molecule has 1 heterocycles. The Morgan fingerprint density at radius 3 is 2.75 bits per heavy atom. The summed E-state index contributed by atoms with van der Waals surface area (Å²) in [6.45, 7) is 1.52. The van der Waals surface area contributed by atoms with E-state index >= 15 is 0 Å². The van der Waals surface area contributed by atoms with Gasteiger partial charge in [0.15, 0.2) is 0 Å². The van der Waals surface area contributed by atoms with Crippen molar-refractivity contribution >= 4 is 23.5 Å². The van der Waals surface area contributed by atoms with Gasteiger partial charge in [0.2, 0.25) is 0 Å². The van der Waals surface area contributed by atoms with Crippen LogP contribution in [0.4, 0.5) is 0 Å². The van der Waals surface area contributed by atoms with E-state index in [9.17, 15) is 9.59 Å². The Hall–Kier alpha value is -1.62. The van der Waals surface area contributed by atoms with Crippen molar-refractivity contribution in [3.05, 3.63) is 29.0 Å². The largest absolute Gasteiger partial charge is 0.467 e. The first-order valence-electron chi connectivity index (χ1n) is 4.56. The van der Waals surface area contributed by atoms with Crippen molar-refractivity contribution in [1.29, 1.82) is 0 Å². The third-order valence-corrected chi connectivity index (χ3v) is 2.06. The molecule has 0 unspecified atom stereocenters. The van der Waals surface area contributed by atoms with E-state index in [0.717, 1.165) is 0 Å². The number of hydrogen-bond acceptors (Lipinski definition) is 4. The molecule has 0 aromatic carbocycles. The van der Waals surface area contributed by atoms with E-state index in [1.54, 1.807) is 12.1 Å². The van der Waals surface area contributed by atoms with E-state index in [1.165, 1.54) is 20.1 Å². The van der Waals surface area contributed by atoms with Crippen LogP contribution in [-0.4, -0.2) is 30.0 Å². The summed E-state index contributed by atoms with van der Waals surface area (Å²) in [7, 11) is 1.25. The Labute approximate surface area is 97.8 Å². The molecule has 0 saturated heterocycles. The lowest BCUT2D eigenvalue weighted by molar-refractivity contribution is -0.142. The first-order chi connectivity index (χ1) is 7.54. The van der Waals surface area contributed by atoms with Gasteiger partial charge in [-0.05, 0) is 19.1 Å². The number of halogens is 1. The smallest absolute Gasteiger partial charge is 0.328 e. The average Bonchev–Trinajstić information content (AvgIpc) is 2.27. The molecule has 0 fully saturated rings. The number of amides is 1. The van der Waals surface area contributed by atoms with Gasteiger partial charge in [0, 0.05) is 0 Å². The highest BCUT2D eigenvalue weighted by atomic mass is 35.5. The van der Waals surface area contributed by atoms with Gasteiger partial charge >= 0.3 is 5.97 Å². The molecule has 1 N–H and O–H groups in total. The fourth-order valence-corrected chi connectivity index (χ4v) is 1.20. The average molecular weight is 243 g/mol. The minimum Gasteiger partial charge on any atom is -0.467 e. The molecule has 86 valence electrons. The van der Waals surface area contributed by atoms with E-state index in [0.29, 0.717) is 0 Å². The molecule has 1 aromatic heterocycles. The van der Waals surface area contributed by atoms with Crippen molar-refractivity contribution in [2.24, 2.45) is 0 Å². The number of carbonyl (C=O) groups is 2. The second-order valence-electron chi connectivity index (χ2n) is 3.06. The summed E-state index contributed by atoms with van der Waals surface area (Å²) in [5.41, 5.74) is 0.156. The van der Waals surface area contributed by atoms with E-state index < -0.39 is 17.9 Å². The third-order valence-electron chi connectivity index (χ3n) is 1.85. The predicted molar refractivity (Wildman–Crippen MR) is 58.2 cm³/mol. The van der Waals surface area contributed by atoms with Crippen LogP contribution in [0.3, 0.4) is 0 Å². The van der Waals surface area contributed by atoms with Crippen LogP contribution in [-0.2, 0) is 9.53 Å². The SMILES string of the molecule is COC(=O)[C@H](C)NC(=O)c1cccc(Cl)n1. The quantitative estimate of drug-likeness (QED) is 0.635. The van der Waals surface area contributed by atoms with Crippen LogP contribution in [0, 0.1) is 0 Å². The van der Waals surface area contributed by atoms with Crippen molar-refractivity contribution in [3.63, 3.8) is 0 Å². The zero-order valence-corrected chi connectivity index (χ0v) is 9.62. The molecule has 0 aliphatic heterocycles. The number of carbonyl (C=O) groups excluding carboxylic acids is 2. The summed E-state index contributed by atoms with van der Waals surface area (Å²) in [5.74, 6) is -0.990. The Morgan fingerprint density at radius 1 is 1.50 bits per heavy atom. The molecule has 0 aliphatic rings. The fraction of sp³-hybridized carbons (Fsp3) is 0.300. The van der Waals surface area contributed by atoms with Crippen molar-refractivity contribution in [1.82, 2.24) is 10.3 Å². The van der Waals surface area contributed by atoms with Gasteiger partial charge in [-0.3, -0.25) is 4.79 Å². The second kappa shape index (κ2) is 5.46. The molecular weight excluding hydrogens is 232 g/mol. The highest BCUT2D eigenvalue weighted by Crippen LogP contribution is 2.05. The number of rotatable bonds is 3. The molecule has 0 bridgehead atoms. The molecule has 1 rings (SSSR count). The van der Waals surface area contributed by atoms with Crippen LogP contribution < -0.4 is 5.32 Å². The van der Waals surface area contributed by atoms with E-state index in [-0.39, 0.29) is 10.8 Å². The molecule has 6 heteroatoms. The van der Waals surface area contributed by atoms with Crippen LogP contribution in [0.5, 0.6) is 0 Å². The van der Waals surface area contributed by atoms with Gasteiger partial charge in [-0.15, -0.1) is 0 Å². The molecule has 1 atom stereocenters. The Balaban J connectivity index is 2.69. The van der Waals surface area contributed by atoms with E-state index in [4.69, 9.17) is 11.6 Å². The highest BCUT2D eigenvalue weighted by molar-refractivity contribution is 6.29. The summed E-state index contributed by atoms with van der Waals surface area (Å²) < 4.78 is 4.47. The standard InChI is InChI=1S/C10H11ClN2O3/c1-6(10(15)16-2)12-9(14)7-4-3-5-8(11)13-7/h3-6H,1-2H3,(H,12,14)/t6-/m0/s1. The molecule has 0 saturated carbocycles. The van der Waals surface area contributed by atoms with Crippen LogP contribution in [0.15, 0.2) is 18.2 Å². The summed E-state index contributed by atoms with van der Waals surface area (Å²) in [5, 5.41) is 2.66. The fourth-order valence-electron chi connectivity index (χ4n) is 1.04. The topological polar surface area (TPSA) is 68.3 Å². The molecule has 0 radical (unpaired) electrons. The number of nitrogens with one attached hydrogen (secondary N) is 1. The third kappa shape index (κ3) is 3.20. The molecule has 0 aliphatic carbocycles. The maximum Gasteiger partial charge on any atom is 0.328 e. The minimum absolute atomic E-state index is 0.156. The van der Waals surface area contributed by atoms with Gasteiger partial charge in [-0.1, -0.05) is 17.7 Å². The molecular formula is C10H11ClN2O3. The Morgan fingerprint density at radius 2 is 2.19 bits per heavy atom. The van der Waals surface area contributed by atoms with Crippen molar-refractivity contribution in [2.75, 3.05) is 7.11 Å². The molecule has 0 spiro atoms. The Bertz CT molecular complexity index is 409. The van der Waals surface area contributed by atoms with Crippen LogP contribution in [0.25, 0.3) is 0 Å². The molecule has 1 amide bonds. The molecule has 1 aromatic rings. The number of pyridine rings is 1. The monoisotopic (exact) mass is 242 g/mol. The maximum atomic E-state index is 11.6. The normalized spacial score (nSPS) is 11.7. The first-order valence-corrected chi connectivity index (χ1v) is 4.93. The first kappa shape index (κ1) is 12.4. The number of ether oxygens (including phenoxy) is 1. The van der Waals surface area contributed by atoms with Crippen LogP contribution >= 0.6 is 11.6 Å². The van der Waals surface area contributed by atoms with E-state index in [2.05, 4.69) is 15.0 Å². The van der Waals surface area contributed by atoms with Crippen molar-refractivity contribution in [3.8, 4) is 0 Å². The van der Waals surface area contributed by atoms with Gasteiger partial charge in [-0.25, -0.2) is 9.78 Å². The summed E-state index contributed by atoms with van der Waals surface area (Å²) in [4.78, 5) is 26.5. The number of aromatic nitrogens is 1. The summed E-state index contributed by atoms with van der Waals surface area (Å²) in [6.07, 6.45) is 0. The summed E-state index contributed by atoms with van der Waals surface area (Å²) >= 11 is 5.63. The van der Waals surface area contributed by atoms with Crippen LogP contribution in [0.1, 0.15) is 17.4 Å². The van der Waals surface area contributed by atoms with Gasteiger partial charge in [-0.2, -0.15) is 0 Å². The van der Waals surface area contributed by atoms with Gasteiger partial charge < -0.3 is 10.1 Å². The summed E-state index contributed by atoms with van der Waals surface area (Å²) in [6, 6.07) is 3.94. The van der Waals surface area contributed by atoms with Crippen molar-refractivity contribution < 1.29 is 14.3 Å². The van der Waals surface area contributed by atoms with E-state index in [1.807, 2.05) is 0 Å².